The molecule has 0 fully saturated rings. The molecule has 0 aromatic carbocycles. The van der Waals surface area contributed by atoms with Crippen LogP contribution in [0, 0.1) is 13.8 Å². The van der Waals surface area contributed by atoms with Gasteiger partial charge in [0.15, 0.2) is 4.58 Å². The number of halogens is 6. The summed E-state index contributed by atoms with van der Waals surface area (Å²) in [7, 11) is -13.3. The van der Waals surface area contributed by atoms with Crippen molar-refractivity contribution in [1.82, 2.24) is 0 Å². The summed E-state index contributed by atoms with van der Waals surface area (Å²) in [5.41, 5.74) is -12.7. The van der Waals surface area contributed by atoms with Crippen LogP contribution in [0.15, 0.2) is 10.5 Å². The normalized spacial score (nSPS) is 14.5. The molecule has 5 nitrogen and oxygen atoms in total. The molecule has 1 aromatic rings. The summed E-state index contributed by atoms with van der Waals surface area (Å²) in [4.78, 5) is 0. The molecule has 134 valence electrons. The van der Waals surface area contributed by atoms with Gasteiger partial charge in [-0.15, -0.1) is 0 Å². The molecule has 1 aromatic heterocycles. The molecular weight excluding hydrogens is 378 g/mol. The molecule has 0 bridgehead atoms. The minimum atomic E-state index is -6.63. The Balaban J connectivity index is 3.55. The van der Waals surface area contributed by atoms with Gasteiger partial charge in [-0.1, -0.05) is 0 Å². The fourth-order valence-corrected chi connectivity index (χ4v) is 5.13. The van der Waals surface area contributed by atoms with Crippen LogP contribution in [0.5, 0.6) is 0 Å². The van der Waals surface area contributed by atoms with Crippen LogP contribution in [0.1, 0.15) is 17.1 Å². The van der Waals surface area contributed by atoms with Gasteiger partial charge in [0.2, 0.25) is 0 Å². The second-order valence-corrected chi connectivity index (χ2v) is 9.10. The van der Waals surface area contributed by atoms with Gasteiger partial charge in [-0.25, -0.2) is 16.8 Å². The number of alkyl halides is 6. The average Bonchev–Trinajstić information content (AvgIpc) is 2.61. The van der Waals surface area contributed by atoms with Crippen molar-refractivity contribution in [3.63, 3.8) is 0 Å². The monoisotopic (exact) mass is 388 g/mol. The number of hydrogen-bond acceptors (Lipinski definition) is 5. The maximum Gasteiger partial charge on any atom is 0.498 e. The molecule has 13 heteroatoms. The highest BCUT2D eigenvalue weighted by atomic mass is 32.3. The lowest BCUT2D eigenvalue weighted by molar-refractivity contribution is -0.0471. The van der Waals surface area contributed by atoms with E-state index in [9.17, 15) is 43.2 Å². The Morgan fingerprint density at radius 1 is 0.957 bits per heavy atom. The molecule has 1 rings (SSSR count). The Morgan fingerprint density at radius 3 is 1.61 bits per heavy atom. The zero-order valence-corrected chi connectivity index (χ0v) is 13.1. The van der Waals surface area contributed by atoms with E-state index >= 15 is 0 Å². The van der Waals surface area contributed by atoms with Crippen molar-refractivity contribution in [2.45, 2.75) is 35.9 Å². The van der Waals surface area contributed by atoms with Gasteiger partial charge in [0.05, 0.1) is 0 Å². The van der Waals surface area contributed by atoms with Crippen molar-refractivity contribution in [2.75, 3.05) is 0 Å². The number of rotatable bonds is 4. The topological polar surface area (TPSA) is 81.4 Å². The zero-order chi connectivity index (χ0) is 18.4. The molecule has 0 unspecified atom stereocenters. The average molecular weight is 388 g/mol. The Morgan fingerprint density at radius 2 is 1.35 bits per heavy atom. The van der Waals surface area contributed by atoms with Crippen molar-refractivity contribution in [3.05, 3.63) is 23.2 Å². The first-order valence-electron chi connectivity index (χ1n) is 5.68. The van der Waals surface area contributed by atoms with E-state index in [0.29, 0.717) is 0 Å². The summed E-state index contributed by atoms with van der Waals surface area (Å²) in [5, 5.41) is 0. The van der Waals surface area contributed by atoms with Crippen LogP contribution in [0.3, 0.4) is 0 Å². The molecule has 0 amide bonds. The second-order valence-electron chi connectivity index (χ2n) is 4.55. The molecule has 1 heterocycles. The van der Waals surface area contributed by atoms with E-state index in [0.717, 1.165) is 13.0 Å². The molecule has 0 radical (unpaired) electrons. The molecule has 23 heavy (non-hydrogen) atoms. The smallest absolute Gasteiger partial charge is 0.466 e. The molecule has 0 spiro atoms. The van der Waals surface area contributed by atoms with Crippen LogP contribution < -0.4 is 0 Å². The summed E-state index contributed by atoms with van der Waals surface area (Å²) in [6.07, 6.45) is -1.53. The molecule has 0 aliphatic rings. The fraction of sp³-hybridized carbons (Fsp3) is 0.600. The van der Waals surface area contributed by atoms with Gasteiger partial charge >= 0.3 is 11.0 Å². The Bertz CT molecular complexity index is 741. The minimum Gasteiger partial charge on any atom is -0.466 e. The number of sulfone groups is 2. The summed E-state index contributed by atoms with van der Waals surface area (Å²) in [6, 6.07) is 0.972. The Labute approximate surface area is 127 Å². The van der Waals surface area contributed by atoms with E-state index in [1.54, 1.807) is 0 Å². The maximum absolute atomic E-state index is 12.6. The van der Waals surface area contributed by atoms with Crippen LogP contribution in [-0.2, 0) is 26.1 Å². The number of furan rings is 1. The second kappa shape index (κ2) is 5.69. The summed E-state index contributed by atoms with van der Waals surface area (Å²) < 4.78 is 122. The highest BCUT2D eigenvalue weighted by Crippen LogP contribution is 2.38. The van der Waals surface area contributed by atoms with Crippen LogP contribution in [0.25, 0.3) is 0 Å². The van der Waals surface area contributed by atoms with Crippen molar-refractivity contribution >= 4 is 19.7 Å². The van der Waals surface area contributed by atoms with E-state index in [4.69, 9.17) is 4.42 Å². The van der Waals surface area contributed by atoms with Gasteiger partial charge in [0, 0.05) is 6.42 Å². The first-order valence-corrected chi connectivity index (χ1v) is 8.77. The first kappa shape index (κ1) is 19.8. The lowest BCUT2D eigenvalue weighted by atomic mass is 10.2. The lowest BCUT2D eigenvalue weighted by Crippen LogP contribution is -2.46. The largest absolute Gasteiger partial charge is 0.498 e. The molecule has 0 atom stereocenters. The van der Waals surface area contributed by atoms with Gasteiger partial charge < -0.3 is 4.42 Å². The first-order chi connectivity index (χ1) is 10.0. The number of aryl methyl sites for hydroxylation is 2. The highest BCUT2D eigenvalue weighted by Gasteiger charge is 2.62. The summed E-state index contributed by atoms with van der Waals surface area (Å²) >= 11 is 0. The van der Waals surface area contributed by atoms with E-state index in [-0.39, 0.29) is 17.1 Å². The predicted octanol–water partition coefficient (Wildman–Crippen LogP) is 2.63. The Hall–Kier alpha value is -1.24. The lowest BCUT2D eigenvalue weighted by Gasteiger charge is -2.20. The highest BCUT2D eigenvalue weighted by molar-refractivity contribution is 8.09. The molecule has 0 N–H and O–H groups in total. The van der Waals surface area contributed by atoms with Gasteiger partial charge in [0.25, 0.3) is 19.7 Å². The Kier molecular flexibility index (Phi) is 4.90. The fourth-order valence-electron chi connectivity index (χ4n) is 1.75. The van der Waals surface area contributed by atoms with Crippen molar-refractivity contribution in [3.8, 4) is 0 Å². The van der Waals surface area contributed by atoms with Crippen molar-refractivity contribution < 1.29 is 47.6 Å². The van der Waals surface area contributed by atoms with Gasteiger partial charge in [-0.2, -0.15) is 26.3 Å². The molecule has 0 saturated carbocycles. The molecule has 0 aliphatic carbocycles. The third kappa shape index (κ3) is 3.65. The SMILES string of the molecule is Cc1cc(CC(S(=O)(=O)C(F)(F)F)S(=O)(=O)C(F)(F)F)c(C)o1. The van der Waals surface area contributed by atoms with E-state index in [2.05, 4.69) is 0 Å². The third-order valence-electron chi connectivity index (χ3n) is 2.87. The van der Waals surface area contributed by atoms with Gasteiger partial charge in [0.1, 0.15) is 11.5 Å². The maximum atomic E-state index is 12.6. The molecule has 0 saturated heterocycles. The van der Waals surface area contributed by atoms with Gasteiger partial charge in [-0.05, 0) is 25.5 Å². The number of hydrogen-bond donors (Lipinski definition) is 0. The quantitative estimate of drug-likeness (QED) is 0.741. The van der Waals surface area contributed by atoms with Crippen LogP contribution in [0.4, 0.5) is 26.3 Å². The third-order valence-corrected chi connectivity index (χ3v) is 7.40. The summed E-state index contributed by atoms with van der Waals surface area (Å²) in [6.45, 7) is 2.46. The van der Waals surface area contributed by atoms with Crippen LogP contribution in [0.2, 0.25) is 0 Å². The van der Waals surface area contributed by atoms with E-state index in [1.165, 1.54) is 6.92 Å². The van der Waals surface area contributed by atoms with Crippen LogP contribution in [-0.4, -0.2) is 32.4 Å². The van der Waals surface area contributed by atoms with E-state index in [1.807, 2.05) is 0 Å². The predicted molar refractivity (Wildman–Crippen MR) is 65.6 cm³/mol. The zero-order valence-electron chi connectivity index (χ0n) is 11.5. The van der Waals surface area contributed by atoms with Crippen molar-refractivity contribution in [1.29, 1.82) is 0 Å². The standard InChI is InChI=1S/C10H10F6O5S2/c1-5-3-7(6(2)21-5)4-8(22(17,18)9(11,12)13)23(19,20)10(14,15)16/h3,8H,4H2,1-2H3. The van der Waals surface area contributed by atoms with Gasteiger partial charge in [-0.3, -0.25) is 0 Å². The van der Waals surface area contributed by atoms with E-state index < -0.39 is 41.7 Å². The summed E-state index contributed by atoms with van der Waals surface area (Å²) in [5.74, 6) is -0.104. The van der Waals surface area contributed by atoms with Crippen LogP contribution >= 0.6 is 0 Å². The molecular formula is C10H10F6O5S2. The van der Waals surface area contributed by atoms with Crippen molar-refractivity contribution in [2.24, 2.45) is 0 Å². The molecule has 0 aliphatic heterocycles. The minimum absolute atomic E-state index is 0.0741.